The third-order valence-electron chi connectivity index (χ3n) is 6.00. The van der Waals surface area contributed by atoms with Gasteiger partial charge in [-0.05, 0) is 43.7 Å². The Bertz CT molecular complexity index is 1650. The highest BCUT2D eigenvalue weighted by Crippen LogP contribution is 2.36. The monoisotopic (exact) mass is 552 g/mol. The molecule has 0 fully saturated rings. The van der Waals surface area contributed by atoms with E-state index in [0.29, 0.717) is 43.4 Å². The molecule has 2 aromatic carbocycles. The van der Waals surface area contributed by atoms with Crippen LogP contribution in [0.15, 0.2) is 57.5 Å². The van der Waals surface area contributed by atoms with Gasteiger partial charge in [-0.3, -0.25) is 14.2 Å². The number of carbonyl (C=O) groups excluding carboxylic acids is 2. The van der Waals surface area contributed by atoms with Gasteiger partial charge in [-0.1, -0.05) is 29.5 Å². The minimum Gasteiger partial charge on any atom is -0.493 e. The molecule has 4 rings (SSSR count). The van der Waals surface area contributed by atoms with Crippen molar-refractivity contribution in [3.8, 4) is 23.0 Å². The quantitative estimate of drug-likeness (QED) is 0.310. The second-order valence-electron chi connectivity index (χ2n) is 8.39. The zero-order valence-electron chi connectivity index (χ0n) is 22.4. The molecule has 0 amide bonds. The topological polar surface area (TPSA) is 115 Å². The number of esters is 2. The summed E-state index contributed by atoms with van der Waals surface area (Å²) in [4.78, 5) is 43.8. The van der Waals surface area contributed by atoms with E-state index < -0.39 is 18.0 Å². The van der Waals surface area contributed by atoms with Gasteiger partial charge in [0.2, 0.25) is 0 Å². The van der Waals surface area contributed by atoms with Gasteiger partial charge in [-0.25, -0.2) is 9.79 Å². The van der Waals surface area contributed by atoms with E-state index in [-0.39, 0.29) is 23.5 Å². The van der Waals surface area contributed by atoms with Gasteiger partial charge in [0.15, 0.2) is 27.8 Å². The van der Waals surface area contributed by atoms with Gasteiger partial charge in [-0.2, -0.15) is 0 Å². The molecular formula is C28H28N2O8S. The van der Waals surface area contributed by atoms with Crippen LogP contribution in [0.2, 0.25) is 0 Å². The van der Waals surface area contributed by atoms with E-state index in [2.05, 4.69) is 4.99 Å². The Morgan fingerprint density at radius 3 is 2.41 bits per heavy atom. The number of ether oxygens (including phenoxy) is 5. The van der Waals surface area contributed by atoms with E-state index in [1.54, 1.807) is 56.3 Å². The predicted molar refractivity (Wildman–Crippen MR) is 144 cm³/mol. The number of benzene rings is 2. The van der Waals surface area contributed by atoms with E-state index in [1.165, 1.54) is 32.8 Å². The first kappa shape index (κ1) is 27.6. The number of thiazole rings is 1. The lowest BCUT2D eigenvalue weighted by Crippen LogP contribution is -2.40. The summed E-state index contributed by atoms with van der Waals surface area (Å²) in [5.74, 6) is 0.380. The molecule has 204 valence electrons. The molecule has 11 heteroatoms. The van der Waals surface area contributed by atoms with Gasteiger partial charge in [0.1, 0.15) is 0 Å². The summed E-state index contributed by atoms with van der Waals surface area (Å²) in [7, 11) is 4.50. The number of allylic oxidation sites excluding steroid dienone is 1. The molecule has 1 unspecified atom stereocenters. The summed E-state index contributed by atoms with van der Waals surface area (Å²) in [5, 5.41) is 0. The number of methoxy groups -OCH3 is 3. The SMILES string of the molecule is CCOC(=O)C1=C(C)N=c2sc(=Cc3cccc(OC)c3OC(C)=O)c(=O)n2C1c1ccc(OC)c(OC)c1. The van der Waals surface area contributed by atoms with E-state index in [9.17, 15) is 14.4 Å². The van der Waals surface area contributed by atoms with Crippen LogP contribution in [0.25, 0.3) is 6.08 Å². The summed E-state index contributed by atoms with van der Waals surface area (Å²) >= 11 is 1.15. The first-order valence-electron chi connectivity index (χ1n) is 12.0. The second-order valence-corrected chi connectivity index (χ2v) is 9.40. The molecule has 0 aliphatic carbocycles. The Labute approximate surface area is 228 Å². The number of fused-ring (bicyclic) bond motifs is 1. The van der Waals surface area contributed by atoms with Crippen LogP contribution in [0.5, 0.6) is 23.0 Å². The Morgan fingerprint density at radius 1 is 1.05 bits per heavy atom. The molecule has 10 nitrogen and oxygen atoms in total. The molecule has 1 aliphatic heterocycles. The van der Waals surface area contributed by atoms with E-state index in [1.807, 2.05) is 0 Å². The van der Waals surface area contributed by atoms with Gasteiger partial charge in [0.25, 0.3) is 5.56 Å². The maximum atomic E-state index is 13.9. The molecule has 0 N–H and O–H groups in total. The van der Waals surface area contributed by atoms with Crippen LogP contribution in [0.1, 0.15) is 37.9 Å². The van der Waals surface area contributed by atoms with Gasteiger partial charge in [-0.15, -0.1) is 0 Å². The lowest BCUT2D eigenvalue weighted by molar-refractivity contribution is -0.139. The first-order chi connectivity index (χ1) is 18.7. The lowest BCUT2D eigenvalue weighted by Gasteiger charge is -2.25. The number of nitrogens with zero attached hydrogens (tertiary/aromatic N) is 2. The highest BCUT2D eigenvalue weighted by Gasteiger charge is 2.34. The highest BCUT2D eigenvalue weighted by atomic mass is 32.1. The van der Waals surface area contributed by atoms with Crippen molar-refractivity contribution in [2.75, 3.05) is 27.9 Å². The van der Waals surface area contributed by atoms with Crippen LogP contribution in [0, 0.1) is 0 Å². The smallest absolute Gasteiger partial charge is 0.338 e. The molecule has 0 saturated carbocycles. The number of hydrogen-bond acceptors (Lipinski definition) is 10. The standard InChI is InChI=1S/C28H28N2O8S/c1-7-37-27(33)23-15(2)29-28-30(24(23)17-11-12-19(34-4)21(13-17)36-6)26(32)22(39-28)14-18-9-8-10-20(35-5)25(18)38-16(3)31/h8-14,24H,7H2,1-6H3. The number of hydrogen-bond donors (Lipinski definition) is 0. The largest absolute Gasteiger partial charge is 0.493 e. The Balaban J connectivity index is 1.99. The molecule has 1 aliphatic rings. The summed E-state index contributed by atoms with van der Waals surface area (Å²) in [6.07, 6.45) is 1.61. The van der Waals surface area contributed by atoms with Crippen molar-refractivity contribution < 1.29 is 33.3 Å². The summed E-state index contributed by atoms with van der Waals surface area (Å²) in [6, 6.07) is 9.46. The average Bonchev–Trinajstić information content (AvgIpc) is 3.22. The van der Waals surface area contributed by atoms with Crippen LogP contribution < -0.4 is 33.8 Å². The van der Waals surface area contributed by atoms with Gasteiger partial charge < -0.3 is 23.7 Å². The average molecular weight is 553 g/mol. The molecule has 0 bridgehead atoms. The van der Waals surface area contributed by atoms with E-state index in [0.717, 1.165) is 11.3 Å². The number of para-hydroxylation sites is 1. The zero-order valence-corrected chi connectivity index (χ0v) is 23.2. The van der Waals surface area contributed by atoms with Gasteiger partial charge in [0.05, 0.1) is 49.8 Å². The molecule has 39 heavy (non-hydrogen) atoms. The summed E-state index contributed by atoms with van der Waals surface area (Å²) < 4.78 is 28.7. The fraction of sp³-hybridized carbons (Fsp3) is 0.286. The molecule has 3 aromatic rings. The third kappa shape index (κ3) is 5.30. The van der Waals surface area contributed by atoms with Crippen molar-refractivity contribution in [2.24, 2.45) is 4.99 Å². The predicted octanol–water partition coefficient (Wildman–Crippen LogP) is 2.75. The second kappa shape index (κ2) is 11.6. The Kier molecular flexibility index (Phi) is 8.20. The molecule has 0 radical (unpaired) electrons. The van der Waals surface area contributed by atoms with Crippen molar-refractivity contribution in [1.29, 1.82) is 0 Å². The van der Waals surface area contributed by atoms with Crippen LogP contribution >= 0.6 is 11.3 Å². The molecule has 0 saturated heterocycles. The molecule has 1 aromatic heterocycles. The zero-order chi connectivity index (χ0) is 28.3. The fourth-order valence-corrected chi connectivity index (χ4v) is 5.37. The molecule has 0 spiro atoms. The maximum absolute atomic E-state index is 13.9. The first-order valence-corrected chi connectivity index (χ1v) is 12.8. The van der Waals surface area contributed by atoms with Crippen LogP contribution in [-0.4, -0.2) is 44.4 Å². The highest BCUT2D eigenvalue weighted by molar-refractivity contribution is 7.07. The van der Waals surface area contributed by atoms with Crippen LogP contribution in [0.4, 0.5) is 0 Å². The number of carbonyl (C=O) groups is 2. The molecular weight excluding hydrogens is 524 g/mol. The van der Waals surface area contributed by atoms with Gasteiger partial charge >= 0.3 is 11.9 Å². The van der Waals surface area contributed by atoms with Crippen molar-refractivity contribution in [1.82, 2.24) is 4.57 Å². The minimum atomic E-state index is -0.833. The van der Waals surface area contributed by atoms with Crippen molar-refractivity contribution in [3.63, 3.8) is 0 Å². The van der Waals surface area contributed by atoms with E-state index in [4.69, 9.17) is 23.7 Å². The normalized spacial score (nSPS) is 14.8. The van der Waals surface area contributed by atoms with E-state index >= 15 is 0 Å². The Hall–Kier alpha value is -4.38. The summed E-state index contributed by atoms with van der Waals surface area (Å²) in [5.41, 5.74) is 1.37. The van der Waals surface area contributed by atoms with Gasteiger partial charge in [0, 0.05) is 12.5 Å². The fourth-order valence-electron chi connectivity index (χ4n) is 4.33. The molecule has 1 atom stereocenters. The molecule has 2 heterocycles. The van der Waals surface area contributed by atoms with Crippen molar-refractivity contribution in [3.05, 3.63) is 78.5 Å². The minimum absolute atomic E-state index is 0.160. The third-order valence-corrected chi connectivity index (χ3v) is 6.98. The van der Waals surface area contributed by atoms with Crippen LogP contribution in [0.3, 0.4) is 0 Å². The maximum Gasteiger partial charge on any atom is 0.338 e. The number of rotatable bonds is 8. The van der Waals surface area contributed by atoms with Crippen LogP contribution in [-0.2, 0) is 14.3 Å². The van der Waals surface area contributed by atoms with Crippen molar-refractivity contribution in [2.45, 2.75) is 26.8 Å². The number of aromatic nitrogens is 1. The summed E-state index contributed by atoms with van der Waals surface area (Å²) in [6.45, 7) is 4.86. The Morgan fingerprint density at radius 2 is 1.77 bits per heavy atom. The lowest BCUT2D eigenvalue weighted by atomic mass is 9.95. The van der Waals surface area contributed by atoms with Crippen molar-refractivity contribution >= 4 is 29.4 Å².